The predicted molar refractivity (Wildman–Crippen MR) is 87.7 cm³/mol. The number of nitrogens with zero attached hydrogens (tertiary/aromatic N) is 3. The van der Waals surface area contributed by atoms with E-state index < -0.39 is 0 Å². The van der Waals surface area contributed by atoms with Gasteiger partial charge in [0.05, 0.1) is 0 Å². The van der Waals surface area contributed by atoms with Crippen LogP contribution >= 0.6 is 0 Å². The lowest BCUT2D eigenvalue weighted by molar-refractivity contribution is 0.100. The molecule has 21 heavy (non-hydrogen) atoms. The van der Waals surface area contributed by atoms with Crippen LogP contribution in [0.15, 0.2) is 12.3 Å². The summed E-state index contributed by atoms with van der Waals surface area (Å²) in [6.45, 7) is 7.19. The highest BCUT2D eigenvalue weighted by Gasteiger charge is 2.24. The Balaban J connectivity index is 1.67. The van der Waals surface area contributed by atoms with Crippen LogP contribution < -0.4 is 0 Å². The van der Waals surface area contributed by atoms with Crippen LogP contribution in [0.5, 0.6) is 0 Å². The maximum Gasteiger partial charge on any atom is 0.0435 e. The minimum Gasteiger partial charge on any atom is -0.304 e. The molecular formula is C18H29N3. The van der Waals surface area contributed by atoms with Gasteiger partial charge in [0.25, 0.3) is 0 Å². The first kappa shape index (κ1) is 15.0. The van der Waals surface area contributed by atoms with E-state index in [-0.39, 0.29) is 0 Å². The maximum atomic E-state index is 4.72. The number of likely N-dealkylation sites (N-methyl/N-ethyl adjacent to an activating group) is 1. The third kappa shape index (κ3) is 3.64. The molecule has 3 heteroatoms. The Labute approximate surface area is 129 Å². The Morgan fingerprint density at radius 2 is 1.95 bits per heavy atom. The molecule has 0 aromatic carbocycles. The molecule has 0 amide bonds. The Kier molecular flexibility index (Phi) is 4.91. The van der Waals surface area contributed by atoms with Crippen molar-refractivity contribution < 1.29 is 0 Å². The van der Waals surface area contributed by atoms with Crippen LogP contribution in [-0.4, -0.2) is 54.1 Å². The molecule has 1 aromatic rings. The lowest BCUT2D eigenvalue weighted by atomic mass is 9.92. The average molecular weight is 287 g/mol. The average Bonchev–Trinajstić information content (AvgIpc) is 2.49. The molecule has 3 nitrogen and oxygen atoms in total. The first-order valence-corrected chi connectivity index (χ1v) is 8.65. The highest BCUT2D eigenvalue weighted by Crippen LogP contribution is 2.23. The zero-order chi connectivity index (χ0) is 14.7. The van der Waals surface area contributed by atoms with E-state index in [0.29, 0.717) is 0 Å². The van der Waals surface area contributed by atoms with Crippen LogP contribution in [-0.2, 0) is 19.3 Å². The number of hydrogen-bond donors (Lipinski definition) is 0. The first-order valence-electron chi connectivity index (χ1n) is 8.65. The van der Waals surface area contributed by atoms with Crippen molar-refractivity contribution in [2.75, 3.05) is 33.2 Å². The summed E-state index contributed by atoms with van der Waals surface area (Å²) in [6, 6.07) is 3.20. The van der Waals surface area contributed by atoms with E-state index in [1.165, 1.54) is 75.1 Å². The van der Waals surface area contributed by atoms with E-state index in [2.05, 4.69) is 36.0 Å². The number of hydrogen-bond acceptors (Lipinski definition) is 3. The fourth-order valence-corrected chi connectivity index (χ4v) is 3.75. The van der Waals surface area contributed by atoms with Crippen LogP contribution in [0.1, 0.15) is 43.0 Å². The Morgan fingerprint density at radius 3 is 2.71 bits per heavy atom. The second-order valence-electron chi connectivity index (χ2n) is 6.73. The monoisotopic (exact) mass is 287 g/mol. The van der Waals surface area contributed by atoms with Gasteiger partial charge in [0.1, 0.15) is 0 Å². The number of aromatic nitrogens is 1. The molecule has 1 aromatic heterocycles. The number of rotatable bonds is 2. The largest absolute Gasteiger partial charge is 0.304 e. The van der Waals surface area contributed by atoms with Gasteiger partial charge in [0, 0.05) is 44.1 Å². The molecule has 2 aliphatic rings. The summed E-state index contributed by atoms with van der Waals surface area (Å²) >= 11 is 0. The molecule has 1 aliphatic carbocycles. The van der Waals surface area contributed by atoms with Crippen molar-refractivity contribution in [2.45, 2.75) is 51.5 Å². The molecule has 1 unspecified atom stereocenters. The summed E-state index contributed by atoms with van der Waals surface area (Å²) in [7, 11) is 2.24. The van der Waals surface area contributed by atoms with Crippen LogP contribution in [0.4, 0.5) is 0 Å². The van der Waals surface area contributed by atoms with Gasteiger partial charge in [-0.3, -0.25) is 9.88 Å². The molecule has 1 fully saturated rings. The summed E-state index contributed by atoms with van der Waals surface area (Å²) in [4.78, 5) is 9.91. The zero-order valence-electron chi connectivity index (χ0n) is 13.6. The van der Waals surface area contributed by atoms with Crippen molar-refractivity contribution in [3.63, 3.8) is 0 Å². The third-order valence-corrected chi connectivity index (χ3v) is 5.28. The zero-order valence-corrected chi connectivity index (χ0v) is 13.6. The van der Waals surface area contributed by atoms with Crippen LogP contribution in [0, 0.1) is 0 Å². The molecule has 0 spiro atoms. The highest BCUT2D eigenvalue weighted by molar-refractivity contribution is 5.26. The summed E-state index contributed by atoms with van der Waals surface area (Å²) in [5, 5.41) is 0. The van der Waals surface area contributed by atoms with E-state index in [4.69, 9.17) is 4.98 Å². The maximum absolute atomic E-state index is 4.72. The van der Waals surface area contributed by atoms with Crippen molar-refractivity contribution >= 4 is 0 Å². The van der Waals surface area contributed by atoms with Crippen molar-refractivity contribution in [1.82, 2.24) is 14.8 Å². The van der Waals surface area contributed by atoms with Gasteiger partial charge in [-0.1, -0.05) is 13.0 Å². The second kappa shape index (κ2) is 6.89. The second-order valence-corrected chi connectivity index (χ2v) is 6.73. The summed E-state index contributed by atoms with van der Waals surface area (Å²) in [5.41, 5.74) is 4.28. The molecule has 0 radical (unpaired) electrons. The molecule has 3 rings (SSSR count). The fourth-order valence-electron chi connectivity index (χ4n) is 3.75. The summed E-state index contributed by atoms with van der Waals surface area (Å²) in [5.74, 6) is 0. The van der Waals surface area contributed by atoms with E-state index in [1.807, 2.05) is 0 Å². The third-order valence-electron chi connectivity index (χ3n) is 5.28. The van der Waals surface area contributed by atoms with Crippen molar-refractivity contribution in [3.8, 4) is 0 Å². The Bertz CT molecular complexity index is 464. The number of fused-ring (bicyclic) bond motifs is 1. The molecule has 1 saturated heterocycles. The number of pyridine rings is 1. The fraction of sp³-hybridized carbons (Fsp3) is 0.722. The van der Waals surface area contributed by atoms with Crippen molar-refractivity contribution in [3.05, 3.63) is 29.1 Å². The molecule has 116 valence electrons. The minimum absolute atomic E-state index is 0.789. The first-order chi connectivity index (χ1) is 10.3. The molecule has 1 atom stereocenters. The molecule has 0 bridgehead atoms. The lowest BCUT2D eigenvalue weighted by Crippen LogP contribution is -2.49. The van der Waals surface area contributed by atoms with Crippen LogP contribution in [0.25, 0.3) is 0 Å². The number of piperazine rings is 1. The topological polar surface area (TPSA) is 19.4 Å². The van der Waals surface area contributed by atoms with Gasteiger partial charge < -0.3 is 4.90 Å². The van der Waals surface area contributed by atoms with Gasteiger partial charge >= 0.3 is 0 Å². The van der Waals surface area contributed by atoms with Gasteiger partial charge in [-0.25, -0.2) is 0 Å². The van der Waals surface area contributed by atoms with E-state index in [1.54, 1.807) is 0 Å². The van der Waals surface area contributed by atoms with E-state index >= 15 is 0 Å². The standard InChI is InChI=1S/C18H29N3/c1-3-15-13-16-7-8-17(5-4-6-18(16)19-14-15)21-11-9-20(2)10-12-21/h13-14,17H,3-12H2,1-2H3. The highest BCUT2D eigenvalue weighted by atomic mass is 15.3. The Hall–Kier alpha value is -0.930. The summed E-state index contributed by atoms with van der Waals surface area (Å²) < 4.78 is 0. The molecule has 0 saturated carbocycles. The van der Waals surface area contributed by atoms with E-state index in [9.17, 15) is 0 Å². The van der Waals surface area contributed by atoms with Crippen LogP contribution in [0.2, 0.25) is 0 Å². The normalized spacial score (nSPS) is 25.1. The van der Waals surface area contributed by atoms with Gasteiger partial charge in [0.15, 0.2) is 0 Å². The smallest absolute Gasteiger partial charge is 0.0435 e. The van der Waals surface area contributed by atoms with Gasteiger partial charge in [-0.05, 0) is 56.7 Å². The van der Waals surface area contributed by atoms with Gasteiger partial charge in [-0.2, -0.15) is 0 Å². The number of aryl methyl sites for hydroxylation is 3. The molecule has 1 aliphatic heterocycles. The quantitative estimate of drug-likeness (QED) is 0.833. The predicted octanol–water partition coefficient (Wildman–Crippen LogP) is 2.53. The Morgan fingerprint density at radius 1 is 1.14 bits per heavy atom. The van der Waals surface area contributed by atoms with Gasteiger partial charge in [0.2, 0.25) is 0 Å². The summed E-state index contributed by atoms with van der Waals surface area (Å²) in [6.07, 6.45) is 9.52. The molecule has 0 N–H and O–H groups in total. The molecular weight excluding hydrogens is 258 g/mol. The van der Waals surface area contributed by atoms with E-state index in [0.717, 1.165) is 12.5 Å². The van der Waals surface area contributed by atoms with Crippen molar-refractivity contribution in [1.29, 1.82) is 0 Å². The molecule has 2 heterocycles. The van der Waals surface area contributed by atoms with Crippen molar-refractivity contribution in [2.24, 2.45) is 0 Å². The SMILES string of the molecule is CCc1cnc2c(c1)CCC(N1CCN(C)CC1)CCC2. The van der Waals surface area contributed by atoms with Gasteiger partial charge in [-0.15, -0.1) is 0 Å². The van der Waals surface area contributed by atoms with Crippen LogP contribution in [0.3, 0.4) is 0 Å². The minimum atomic E-state index is 0.789. The lowest BCUT2D eigenvalue weighted by Gasteiger charge is -2.38.